The van der Waals surface area contributed by atoms with Crippen LogP contribution in [0, 0.1) is 20.2 Å². The number of rotatable bonds is 6. The molecule has 0 spiro atoms. The fourth-order valence-electron chi connectivity index (χ4n) is 1.68. The van der Waals surface area contributed by atoms with Crippen LogP contribution in [0.2, 0.25) is 0 Å². The first kappa shape index (κ1) is 16.0. The zero-order chi connectivity index (χ0) is 15.5. The molecule has 0 aliphatic rings. The van der Waals surface area contributed by atoms with Gasteiger partial charge >= 0.3 is 0 Å². The number of hydrogen-bond donors (Lipinski definition) is 0. The van der Waals surface area contributed by atoms with Crippen molar-refractivity contribution in [3.8, 4) is 0 Å². The molecule has 9 nitrogen and oxygen atoms in total. The Balaban J connectivity index is 3.53. The number of nitro groups is 2. The summed E-state index contributed by atoms with van der Waals surface area (Å²) in [5.41, 5.74) is -1.33. The molecular formula is C10H13N3O6S. The van der Waals surface area contributed by atoms with E-state index in [9.17, 15) is 28.6 Å². The van der Waals surface area contributed by atoms with Gasteiger partial charge in [0.05, 0.1) is 15.9 Å². The Morgan fingerprint density at radius 3 is 2.05 bits per heavy atom. The second-order valence-electron chi connectivity index (χ2n) is 3.76. The van der Waals surface area contributed by atoms with Crippen LogP contribution < -0.4 is 0 Å². The van der Waals surface area contributed by atoms with Gasteiger partial charge in [0.25, 0.3) is 11.4 Å². The minimum absolute atomic E-state index is 0.146. The summed E-state index contributed by atoms with van der Waals surface area (Å²) in [5.74, 6) is 0. The van der Waals surface area contributed by atoms with Crippen molar-refractivity contribution in [2.24, 2.45) is 0 Å². The molecule has 0 atom stereocenters. The van der Waals surface area contributed by atoms with E-state index in [0.29, 0.717) is 6.07 Å². The Kier molecular flexibility index (Phi) is 4.73. The lowest BCUT2D eigenvalue weighted by atomic mass is 10.3. The molecule has 0 unspecified atom stereocenters. The summed E-state index contributed by atoms with van der Waals surface area (Å²) in [7, 11) is -4.05. The number of nitrogens with zero attached hydrogens (tertiary/aromatic N) is 3. The molecular weight excluding hydrogens is 290 g/mol. The number of benzene rings is 1. The van der Waals surface area contributed by atoms with Gasteiger partial charge in [-0.1, -0.05) is 13.8 Å². The number of sulfonamides is 1. The second-order valence-corrected chi connectivity index (χ2v) is 5.66. The van der Waals surface area contributed by atoms with Gasteiger partial charge in [0.2, 0.25) is 10.0 Å². The number of non-ortho nitro benzene ring substituents is 1. The van der Waals surface area contributed by atoms with E-state index < -0.39 is 36.1 Å². The van der Waals surface area contributed by atoms with Crippen LogP contribution in [-0.2, 0) is 10.0 Å². The monoisotopic (exact) mass is 303 g/mol. The normalized spacial score (nSPS) is 11.6. The third-order valence-electron chi connectivity index (χ3n) is 2.67. The SMILES string of the molecule is CCN(CC)S(=O)(=O)c1ccc([N+](=O)[O-])cc1[N+](=O)[O-]. The third-order valence-corrected chi connectivity index (χ3v) is 4.77. The van der Waals surface area contributed by atoms with Crippen LogP contribution in [0.5, 0.6) is 0 Å². The van der Waals surface area contributed by atoms with E-state index in [4.69, 9.17) is 0 Å². The predicted octanol–water partition coefficient (Wildman–Crippen LogP) is 1.53. The van der Waals surface area contributed by atoms with E-state index in [0.717, 1.165) is 16.4 Å². The lowest BCUT2D eigenvalue weighted by Crippen LogP contribution is -2.31. The van der Waals surface area contributed by atoms with E-state index in [1.807, 2.05) is 0 Å². The van der Waals surface area contributed by atoms with Gasteiger partial charge in [0.1, 0.15) is 0 Å². The minimum Gasteiger partial charge on any atom is -0.258 e. The van der Waals surface area contributed by atoms with Gasteiger partial charge in [-0.25, -0.2) is 8.42 Å². The van der Waals surface area contributed by atoms with Crippen LogP contribution in [0.15, 0.2) is 23.1 Å². The van der Waals surface area contributed by atoms with Gasteiger partial charge in [0, 0.05) is 19.2 Å². The summed E-state index contributed by atoms with van der Waals surface area (Å²) >= 11 is 0. The fourth-order valence-corrected chi connectivity index (χ4v) is 3.28. The average molecular weight is 303 g/mol. The molecule has 0 fully saturated rings. The molecule has 0 saturated heterocycles. The molecule has 110 valence electrons. The van der Waals surface area contributed by atoms with Crippen molar-refractivity contribution < 1.29 is 18.3 Å². The Hall–Kier alpha value is -2.07. The van der Waals surface area contributed by atoms with Gasteiger partial charge in [-0.2, -0.15) is 4.31 Å². The highest BCUT2D eigenvalue weighted by atomic mass is 32.2. The maximum atomic E-state index is 12.3. The second kappa shape index (κ2) is 5.92. The van der Waals surface area contributed by atoms with Crippen molar-refractivity contribution in [3.63, 3.8) is 0 Å². The maximum absolute atomic E-state index is 12.3. The average Bonchev–Trinajstić information content (AvgIpc) is 2.38. The molecule has 0 heterocycles. The molecule has 0 N–H and O–H groups in total. The first-order valence-electron chi connectivity index (χ1n) is 5.68. The Morgan fingerprint density at radius 2 is 1.65 bits per heavy atom. The number of nitro benzene ring substituents is 2. The lowest BCUT2D eigenvalue weighted by Gasteiger charge is -2.18. The van der Waals surface area contributed by atoms with E-state index >= 15 is 0 Å². The molecule has 0 aliphatic carbocycles. The molecule has 0 bridgehead atoms. The van der Waals surface area contributed by atoms with E-state index in [1.165, 1.54) is 0 Å². The third kappa shape index (κ3) is 2.91. The van der Waals surface area contributed by atoms with Crippen LogP contribution in [0.3, 0.4) is 0 Å². The van der Waals surface area contributed by atoms with Crippen molar-refractivity contribution in [2.75, 3.05) is 13.1 Å². The van der Waals surface area contributed by atoms with Crippen molar-refractivity contribution in [3.05, 3.63) is 38.4 Å². The highest BCUT2D eigenvalue weighted by molar-refractivity contribution is 7.89. The number of hydrogen-bond acceptors (Lipinski definition) is 6. The predicted molar refractivity (Wildman–Crippen MR) is 69.9 cm³/mol. The largest absolute Gasteiger partial charge is 0.296 e. The standard InChI is InChI=1S/C10H13N3O6S/c1-3-11(4-2)20(18,19)10-6-5-8(12(14)15)7-9(10)13(16)17/h5-7H,3-4H2,1-2H3. The summed E-state index contributed by atoms with van der Waals surface area (Å²) in [5, 5.41) is 21.5. The van der Waals surface area contributed by atoms with Crippen LogP contribution in [-0.4, -0.2) is 35.7 Å². The summed E-state index contributed by atoms with van der Waals surface area (Å²) < 4.78 is 25.5. The molecule has 0 aromatic heterocycles. The topological polar surface area (TPSA) is 124 Å². The van der Waals surface area contributed by atoms with E-state index in [1.54, 1.807) is 13.8 Å². The molecule has 1 rings (SSSR count). The molecule has 0 radical (unpaired) electrons. The van der Waals surface area contributed by atoms with E-state index in [2.05, 4.69) is 0 Å². The molecule has 1 aromatic rings. The van der Waals surface area contributed by atoms with Gasteiger partial charge in [-0.05, 0) is 6.07 Å². The fraction of sp³-hybridized carbons (Fsp3) is 0.400. The molecule has 10 heteroatoms. The van der Waals surface area contributed by atoms with Crippen LogP contribution in [0.1, 0.15) is 13.8 Å². The van der Waals surface area contributed by atoms with Gasteiger partial charge in [-0.15, -0.1) is 0 Å². The summed E-state index contributed by atoms with van der Waals surface area (Å²) in [6.45, 7) is 3.48. The smallest absolute Gasteiger partial charge is 0.258 e. The van der Waals surface area contributed by atoms with Crippen molar-refractivity contribution in [2.45, 2.75) is 18.7 Å². The van der Waals surface area contributed by atoms with Gasteiger partial charge < -0.3 is 0 Å². The van der Waals surface area contributed by atoms with Crippen LogP contribution >= 0.6 is 0 Å². The Labute approximate surface area is 115 Å². The zero-order valence-corrected chi connectivity index (χ0v) is 11.7. The first-order valence-corrected chi connectivity index (χ1v) is 7.12. The summed E-state index contributed by atoms with van der Waals surface area (Å²) in [6, 6.07) is 2.48. The lowest BCUT2D eigenvalue weighted by molar-refractivity contribution is -0.396. The zero-order valence-electron chi connectivity index (χ0n) is 10.8. The Morgan fingerprint density at radius 1 is 1.10 bits per heavy atom. The van der Waals surface area contributed by atoms with Gasteiger partial charge in [-0.3, -0.25) is 20.2 Å². The quantitative estimate of drug-likeness (QED) is 0.579. The van der Waals surface area contributed by atoms with Gasteiger partial charge in [0.15, 0.2) is 4.90 Å². The van der Waals surface area contributed by atoms with Crippen molar-refractivity contribution in [1.29, 1.82) is 0 Å². The van der Waals surface area contributed by atoms with Crippen LogP contribution in [0.4, 0.5) is 11.4 Å². The summed E-state index contributed by atoms with van der Waals surface area (Å²) in [4.78, 5) is 19.2. The van der Waals surface area contributed by atoms with Crippen LogP contribution in [0.25, 0.3) is 0 Å². The minimum atomic E-state index is -4.05. The molecule has 1 aromatic carbocycles. The molecule has 20 heavy (non-hydrogen) atoms. The molecule has 0 saturated carbocycles. The summed E-state index contributed by atoms with van der Waals surface area (Å²) in [6.07, 6.45) is 0. The molecule has 0 aliphatic heterocycles. The maximum Gasteiger partial charge on any atom is 0.296 e. The first-order chi connectivity index (χ1) is 9.25. The highest BCUT2D eigenvalue weighted by Crippen LogP contribution is 2.30. The Bertz CT molecular complexity index is 638. The molecule has 0 amide bonds. The van der Waals surface area contributed by atoms with E-state index in [-0.39, 0.29) is 13.1 Å². The van der Waals surface area contributed by atoms with Crippen molar-refractivity contribution >= 4 is 21.4 Å². The highest BCUT2D eigenvalue weighted by Gasteiger charge is 2.31. The van der Waals surface area contributed by atoms with Crippen molar-refractivity contribution in [1.82, 2.24) is 4.31 Å².